The molecule has 1 N–H and O–H groups in total. The second-order valence-corrected chi connectivity index (χ2v) is 10.1. The van der Waals surface area contributed by atoms with Crippen LogP contribution in [0, 0.1) is 6.92 Å². The summed E-state index contributed by atoms with van der Waals surface area (Å²) in [6.07, 6.45) is 2.75. The number of ether oxygens (including phenoxy) is 3. The van der Waals surface area contributed by atoms with E-state index in [0.29, 0.717) is 53.2 Å². The fourth-order valence-corrected chi connectivity index (χ4v) is 4.94. The van der Waals surface area contributed by atoms with Crippen LogP contribution >= 0.6 is 11.3 Å². The van der Waals surface area contributed by atoms with E-state index in [0.717, 1.165) is 19.3 Å². The highest BCUT2D eigenvalue weighted by Crippen LogP contribution is 2.45. The molecule has 206 valence electrons. The molecule has 1 saturated heterocycles. The molecule has 0 aliphatic carbocycles. The first-order valence-corrected chi connectivity index (χ1v) is 13.9. The molecule has 4 rings (SSSR count). The van der Waals surface area contributed by atoms with Crippen molar-refractivity contribution in [3.05, 3.63) is 64.2 Å². The summed E-state index contributed by atoms with van der Waals surface area (Å²) in [5.74, 6) is -0.178. The molecule has 39 heavy (non-hydrogen) atoms. The number of aliphatic hydroxyl groups is 1. The van der Waals surface area contributed by atoms with Gasteiger partial charge in [-0.05, 0) is 68.7 Å². The topological polar surface area (TPSA) is 111 Å². The third kappa shape index (κ3) is 6.06. The summed E-state index contributed by atoms with van der Waals surface area (Å²) in [5, 5.41) is 20.5. The molecule has 9 nitrogen and oxygen atoms in total. The molecule has 1 aromatic heterocycles. The van der Waals surface area contributed by atoms with E-state index in [4.69, 9.17) is 14.2 Å². The first-order chi connectivity index (χ1) is 18.9. The number of aryl methyl sites for hydroxylation is 1. The van der Waals surface area contributed by atoms with Gasteiger partial charge in [0.15, 0.2) is 11.5 Å². The highest BCUT2D eigenvalue weighted by molar-refractivity contribution is 7.15. The smallest absolute Gasteiger partial charge is 0.301 e. The third-order valence-corrected chi connectivity index (χ3v) is 6.94. The summed E-state index contributed by atoms with van der Waals surface area (Å²) in [6.45, 7) is 9.24. The summed E-state index contributed by atoms with van der Waals surface area (Å²) in [7, 11) is 0. The molecule has 3 aromatic rings. The second-order valence-electron chi connectivity index (χ2n) is 8.99. The molecule has 1 unspecified atom stereocenters. The number of Topliss-reactive ketones (excluding diaryl/α,β-unsaturated/α-hetero) is 1. The van der Waals surface area contributed by atoms with Crippen LogP contribution in [0.2, 0.25) is 0 Å². The van der Waals surface area contributed by atoms with Gasteiger partial charge in [-0.15, -0.1) is 10.2 Å². The lowest BCUT2D eigenvalue weighted by Crippen LogP contribution is -2.29. The van der Waals surface area contributed by atoms with Gasteiger partial charge in [-0.2, -0.15) is 0 Å². The Bertz CT molecular complexity index is 1350. The number of rotatable bonds is 12. The van der Waals surface area contributed by atoms with Crippen molar-refractivity contribution in [3.63, 3.8) is 0 Å². The predicted molar refractivity (Wildman–Crippen MR) is 150 cm³/mol. The maximum Gasteiger partial charge on any atom is 0.301 e. The number of aliphatic hydroxyl groups excluding tert-OH is 1. The number of amides is 1. The van der Waals surface area contributed by atoms with E-state index in [1.165, 1.54) is 16.2 Å². The highest BCUT2D eigenvalue weighted by Gasteiger charge is 2.48. The van der Waals surface area contributed by atoms with Gasteiger partial charge in [-0.3, -0.25) is 14.5 Å². The molecule has 1 amide bonds. The Hall–Kier alpha value is -3.92. The third-order valence-electron chi connectivity index (χ3n) is 6.11. The van der Waals surface area contributed by atoms with Gasteiger partial charge in [0.2, 0.25) is 5.13 Å². The molecule has 0 radical (unpaired) electrons. The SMILES string of the molecule is CCCCOc1ccc(C2/C(=C(\O)c3ccc(OCCC)cc3)C(=O)C(=O)N2c2nnc(C)s2)cc1OCC. The largest absolute Gasteiger partial charge is 0.507 e. The summed E-state index contributed by atoms with van der Waals surface area (Å²) in [6, 6.07) is 11.1. The zero-order valence-corrected chi connectivity index (χ0v) is 23.4. The Morgan fingerprint density at radius 3 is 2.36 bits per heavy atom. The van der Waals surface area contributed by atoms with E-state index in [-0.39, 0.29) is 16.5 Å². The average Bonchev–Trinajstić information content (AvgIpc) is 3.48. The lowest BCUT2D eigenvalue weighted by Gasteiger charge is -2.23. The summed E-state index contributed by atoms with van der Waals surface area (Å²) < 4.78 is 17.4. The molecular weight excluding hydrogens is 518 g/mol. The number of nitrogens with zero attached hydrogens (tertiary/aromatic N) is 3. The Balaban J connectivity index is 1.83. The van der Waals surface area contributed by atoms with Crippen LogP contribution in [-0.2, 0) is 9.59 Å². The van der Waals surface area contributed by atoms with Crippen molar-refractivity contribution < 1.29 is 28.9 Å². The van der Waals surface area contributed by atoms with Crippen LogP contribution in [0.4, 0.5) is 5.13 Å². The number of benzene rings is 2. The van der Waals surface area contributed by atoms with Crippen molar-refractivity contribution >= 4 is 33.9 Å². The molecule has 0 bridgehead atoms. The lowest BCUT2D eigenvalue weighted by atomic mass is 9.95. The minimum atomic E-state index is -0.947. The van der Waals surface area contributed by atoms with E-state index < -0.39 is 17.7 Å². The van der Waals surface area contributed by atoms with Crippen LogP contribution in [0.25, 0.3) is 5.76 Å². The predicted octanol–water partition coefficient (Wildman–Crippen LogP) is 5.84. The van der Waals surface area contributed by atoms with E-state index in [9.17, 15) is 14.7 Å². The molecule has 1 aliphatic heterocycles. The molecule has 2 heterocycles. The number of aromatic nitrogens is 2. The molecular formula is C29H33N3O6S. The van der Waals surface area contributed by atoms with Crippen molar-refractivity contribution in [2.45, 2.75) is 53.0 Å². The fourth-order valence-electron chi connectivity index (χ4n) is 4.22. The van der Waals surface area contributed by atoms with Gasteiger partial charge >= 0.3 is 5.91 Å². The number of anilines is 1. The minimum Gasteiger partial charge on any atom is -0.507 e. The Kier molecular flexibility index (Phi) is 9.19. The molecule has 1 atom stereocenters. The zero-order chi connectivity index (χ0) is 27.9. The summed E-state index contributed by atoms with van der Waals surface area (Å²) >= 11 is 1.19. The molecule has 0 spiro atoms. The number of carbonyl (C=O) groups excluding carboxylic acids is 2. The van der Waals surface area contributed by atoms with Gasteiger partial charge in [0.25, 0.3) is 5.78 Å². The van der Waals surface area contributed by atoms with Gasteiger partial charge < -0.3 is 19.3 Å². The highest BCUT2D eigenvalue weighted by atomic mass is 32.1. The van der Waals surface area contributed by atoms with E-state index in [1.54, 1.807) is 49.4 Å². The van der Waals surface area contributed by atoms with Crippen LogP contribution in [0.1, 0.15) is 62.2 Å². The maximum absolute atomic E-state index is 13.4. The summed E-state index contributed by atoms with van der Waals surface area (Å²) in [5.41, 5.74) is 0.912. The van der Waals surface area contributed by atoms with Crippen molar-refractivity contribution in [1.29, 1.82) is 0 Å². The Morgan fingerprint density at radius 2 is 1.72 bits per heavy atom. The van der Waals surface area contributed by atoms with Crippen LogP contribution in [0.15, 0.2) is 48.0 Å². The van der Waals surface area contributed by atoms with Crippen LogP contribution in [0.5, 0.6) is 17.2 Å². The number of unbranched alkanes of at least 4 members (excludes halogenated alkanes) is 1. The standard InChI is InChI=1S/C29H33N3O6S/c1-5-8-16-38-22-14-11-20(17-23(22)36-7-3)25-24(26(33)19-9-12-21(13-10-19)37-15-6-2)27(34)28(35)32(25)29-31-30-18(4)39-29/h9-14,17,25,33H,5-8,15-16H2,1-4H3/b26-24+. The number of hydrogen-bond acceptors (Lipinski definition) is 9. The second kappa shape index (κ2) is 12.8. The first-order valence-electron chi connectivity index (χ1n) is 13.1. The quantitative estimate of drug-likeness (QED) is 0.129. The lowest BCUT2D eigenvalue weighted by molar-refractivity contribution is -0.132. The molecule has 2 aromatic carbocycles. The van der Waals surface area contributed by atoms with Gasteiger partial charge in [-0.1, -0.05) is 37.7 Å². The van der Waals surface area contributed by atoms with Gasteiger partial charge in [-0.25, -0.2) is 0 Å². The van der Waals surface area contributed by atoms with Gasteiger partial charge in [0.05, 0.1) is 31.4 Å². The Labute approximate surface area is 232 Å². The average molecular weight is 552 g/mol. The van der Waals surface area contributed by atoms with Gasteiger partial charge in [0, 0.05) is 5.56 Å². The van der Waals surface area contributed by atoms with Crippen LogP contribution in [-0.4, -0.2) is 46.8 Å². The van der Waals surface area contributed by atoms with Crippen molar-refractivity contribution in [3.8, 4) is 17.2 Å². The zero-order valence-electron chi connectivity index (χ0n) is 22.6. The molecule has 1 aliphatic rings. The molecule has 1 fully saturated rings. The van der Waals surface area contributed by atoms with E-state index >= 15 is 0 Å². The monoisotopic (exact) mass is 551 g/mol. The maximum atomic E-state index is 13.4. The van der Waals surface area contributed by atoms with Crippen molar-refractivity contribution in [1.82, 2.24) is 10.2 Å². The first kappa shape index (κ1) is 28.1. The van der Waals surface area contributed by atoms with Crippen molar-refractivity contribution in [2.24, 2.45) is 0 Å². The van der Waals surface area contributed by atoms with E-state index in [1.807, 2.05) is 13.8 Å². The van der Waals surface area contributed by atoms with Crippen LogP contribution < -0.4 is 19.1 Å². The molecule has 0 saturated carbocycles. The number of hydrogen-bond donors (Lipinski definition) is 1. The normalized spacial score (nSPS) is 16.5. The summed E-state index contributed by atoms with van der Waals surface area (Å²) in [4.78, 5) is 28.1. The fraction of sp³-hybridized carbons (Fsp3) is 0.379. The van der Waals surface area contributed by atoms with Gasteiger partial charge in [0.1, 0.15) is 16.5 Å². The van der Waals surface area contributed by atoms with E-state index in [2.05, 4.69) is 17.1 Å². The number of carbonyl (C=O) groups is 2. The van der Waals surface area contributed by atoms with Crippen molar-refractivity contribution in [2.75, 3.05) is 24.7 Å². The molecule has 10 heteroatoms. The van der Waals surface area contributed by atoms with Crippen LogP contribution in [0.3, 0.4) is 0 Å². The number of ketones is 1. The Morgan fingerprint density at radius 1 is 0.949 bits per heavy atom. The minimum absolute atomic E-state index is 0.0443.